The number of anilines is 1. The maximum absolute atomic E-state index is 12.3. The molecule has 1 N–H and O–H groups in total. The second-order valence-corrected chi connectivity index (χ2v) is 6.59. The van der Waals surface area contributed by atoms with Gasteiger partial charge in [0.2, 0.25) is 0 Å². The number of ether oxygens (including phenoxy) is 1. The van der Waals surface area contributed by atoms with E-state index < -0.39 is 6.10 Å². The first kappa shape index (κ1) is 19.8. The number of carbonyl (C=O) groups excluding carboxylic acids is 1. The highest BCUT2D eigenvalue weighted by Gasteiger charge is 2.15. The van der Waals surface area contributed by atoms with Crippen molar-refractivity contribution >= 4 is 11.6 Å². The first-order chi connectivity index (χ1) is 12.4. The van der Waals surface area contributed by atoms with Gasteiger partial charge in [-0.05, 0) is 63.9 Å². The summed E-state index contributed by atoms with van der Waals surface area (Å²) in [5, 5.41) is 2.95. The molecule has 2 rings (SSSR count). The lowest BCUT2D eigenvalue weighted by Crippen LogP contribution is -2.36. The Kier molecular flexibility index (Phi) is 7.07. The van der Waals surface area contributed by atoms with Crippen molar-refractivity contribution in [2.24, 2.45) is 0 Å². The number of carbonyl (C=O) groups is 1. The van der Waals surface area contributed by atoms with Crippen LogP contribution in [-0.2, 0) is 11.3 Å². The van der Waals surface area contributed by atoms with E-state index in [9.17, 15) is 4.79 Å². The minimum atomic E-state index is -0.536. The summed E-state index contributed by atoms with van der Waals surface area (Å²) in [4.78, 5) is 14.6. The van der Waals surface area contributed by atoms with Crippen molar-refractivity contribution in [3.63, 3.8) is 0 Å². The zero-order valence-electron chi connectivity index (χ0n) is 16.5. The van der Waals surface area contributed by atoms with Crippen LogP contribution in [0.1, 0.15) is 37.5 Å². The molecular formula is C22H30N2O2. The summed E-state index contributed by atoms with van der Waals surface area (Å²) in [5.41, 5.74) is 4.50. The number of aryl methyl sites for hydroxylation is 2. The van der Waals surface area contributed by atoms with Crippen molar-refractivity contribution in [3.8, 4) is 5.75 Å². The van der Waals surface area contributed by atoms with Crippen LogP contribution in [0.2, 0.25) is 0 Å². The molecule has 0 aliphatic heterocycles. The highest BCUT2D eigenvalue weighted by molar-refractivity contribution is 5.80. The van der Waals surface area contributed by atoms with Gasteiger partial charge in [-0.1, -0.05) is 29.8 Å². The van der Waals surface area contributed by atoms with Gasteiger partial charge < -0.3 is 15.0 Å². The van der Waals surface area contributed by atoms with Gasteiger partial charge in [-0.2, -0.15) is 0 Å². The molecule has 0 saturated heterocycles. The Morgan fingerprint density at radius 2 is 1.73 bits per heavy atom. The van der Waals surface area contributed by atoms with Crippen LogP contribution in [0.3, 0.4) is 0 Å². The maximum atomic E-state index is 12.3. The zero-order chi connectivity index (χ0) is 19.1. The number of rotatable bonds is 8. The largest absolute Gasteiger partial charge is 0.481 e. The number of nitrogens with zero attached hydrogens (tertiary/aromatic N) is 1. The van der Waals surface area contributed by atoms with Crippen molar-refractivity contribution in [1.29, 1.82) is 0 Å². The van der Waals surface area contributed by atoms with Crippen molar-refractivity contribution in [2.45, 2.75) is 47.3 Å². The molecule has 0 heterocycles. The van der Waals surface area contributed by atoms with E-state index in [2.05, 4.69) is 54.4 Å². The zero-order valence-corrected chi connectivity index (χ0v) is 16.5. The van der Waals surface area contributed by atoms with Crippen LogP contribution >= 0.6 is 0 Å². The summed E-state index contributed by atoms with van der Waals surface area (Å²) >= 11 is 0. The molecule has 0 spiro atoms. The third-order valence-corrected chi connectivity index (χ3v) is 4.54. The van der Waals surface area contributed by atoms with Gasteiger partial charge in [0.25, 0.3) is 5.91 Å². The lowest BCUT2D eigenvalue weighted by molar-refractivity contribution is -0.127. The van der Waals surface area contributed by atoms with Crippen LogP contribution in [0.4, 0.5) is 5.69 Å². The number of nitrogens with one attached hydrogen (secondary N) is 1. The van der Waals surface area contributed by atoms with Crippen LogP contribution in [0.25, 0.3) is 0 Å². The molecule has 2 aromatic carbocycles. The monoisotopic (exact) mass is 354 g/mol. The smallest absolute Gasteiger partial charge is 0.261 e. The van der Waals surface area contributed by atoms with Crippen molar-refractivity contribution in [1.82, 2.24) is 5.32 Å². The Labute approximate surface area is 157 Å². The molecule has 0 aromatic heterocycles. The van der Waals surface area contributed by atoms with Gasteiger partial charge in [0, 0.05) is 25.3 Å². The maximum Gasteiger partial charge on any atom is 0.261 e. The average molecular weight is 354 g/mol. The molecule has 26 heavy (non-hydrogen) atoms. The van der Waals surface area contributed by atoms with Gasteiger partial charge >= 0.3 is 0 Å². The van der Waals surface area contributed by atoms with Crippen molar-refractivity contribution < 1.29 is 9.53 Å². The SMILES string of the molecule is CCN(CC)c1ccc(CNC(=O)[C@@H](C)Oc2ccc(C)cc2C)cc1. The Bertz CT molecular complexity index is 721. The Morgan fingerprint density at radius 3 is 2.31 bits per heavy atom. The van der Waals surface area contributed by atoms with E-state index in [-0.39, 0.29) is 5.91 Å². The lowest BCUT2D eigenvalue weighted by atomic mass is 10.1. The van der Waals surface area contributed by atoms with Gasteiger partial charge in [0.05, 0.1) is 0 Å². The predicted molar refractivity (Wildman–Crippen MR) is 108 cm³/mol. The Hall–Kier alpha value is -2.49. The molecule has 2 aromatic rings. The molecule has 0 aliphatic rings. The topological polar surface area (TPSA) is 41.6 Å². The van der Waals surface area contributed by atoms with E-state index in [4.69, 9.17) is 4.74 Å². The first-order valence-corrected chi connectivity index (χ1v) is 9.30. The molecule has 1 amide bonds. The quantitative estimate of drug-likeness (QED) is 0.771. The van der Waals surface area contributed by atoms with Crippen LogP contribution in [0, 0.1) is 13.8 Å². The fraction of sp³-hybridized carbons (Fsp3) is 0.409. The summed E-state index contributed by atoms with van der Waals surface area (Å²) < 4.78 is 5.81. The van der Waals surface area contributed by atoms with Crippen LogP contribution in [-0.4, -0.2) is 25.1 Å². The van der Waals surface area contributed by atoms with Crippen LogP contribution in [0.5, 0.6) is 5.75 Å². The number of hydrogen-bond acceptors (Lipinski definition) is 3. The molecule has 0 aliphatic carbocycles. The highest BCUT2D eigenvalue weighted by Crippen LogP contribution is 2.20. The fourth-order valence-corrected chi connectivity index (χ4v) is 2.92. The molecule has 0 saturated carbocycles. The highest BCUT2D eigenvalue weighted by atomic mass is 16.5. The first-order valence-electron chi connectivity index (χ1n) is 9.30. The summed E-state index contributed by atoms with van der Waals surface area (Å²) in [5.74, 6) is 0.639. The molecule has 0 unspecified atom stereocenters. The van der Waals surface area contributed by atoms with Crippen molar-refractivity contribution in [3.05, 3.63) is 59.2 Å². The van der Waals surface area contributed by atoms with E-state index in [1.165, 1.54) is 11.3 Å². The summed E-state index contributed by atoms with van der Waals surface area (Å²) in [7, 11) is 0. The third-order valence-electron chi connectivity index (χ3n) is 4.54. The Morgan fingerprint density at radius 1 is 1.08 bits per heavy atom. The number of hydrogen-bond donors (Lipinski definition) is 1. The minimum Gasteiger partial charge on any atom is -0.481 e. The van der Waals surface area contributed by atoms with Crippen LogP contribution in [0.15, 0.2) is 42.5 Å². The predicted octanol–water partition coefficient (Wildman–Crippen LogP) is 4.23. The number of amides is 1. The molecule has 4 nitrogen and oxygen atoms in total. The summed E-state index contributed by atoms with van der Waals surface area (Å²) in [6.45, 7) is 12.6. The van der Waals surface area contributed by atoms with Gasteiger partial charge in [0.15, 0.2) is 6.10 Å². The van der Waals surface area contributed by atoms with E-state index >= 15 is 0 Å². The van der Waals surface area contributed by atoms with Crippen molar-refractivity contribution in [2.75, 3.05) is 18.0 Å². The van der Waals surface area contributed by atoms with E-state index in [1.807, 2.05) is 26.0 Å². The van der Waals surface area contributed by atoms with Gasteiger partial charge in [-0.15, -0.1) is 0 Å². The van der Waals surface area contributed by atoms with E-state index in [1.54, 1.807) is 6.92 Å². The van der Waals surface area contributed by atoms with Crippen LogP contribution < -0.4 is 15.0 Å². The normalized spacial score (nSPS) is 11.7. The van der Waals surface area contributed by atoms with E-state index in [0.717, 1.165) is 30.0 Å². The standard InChI is InChI=1S/C22H30N2O2/c1-6-24(7-2)20-11-9-19(10-12-20)15-23-22(25)18(5)26-21-13-8-16(3)14-17(21)4/h8-14,18H,6-7,15H2,1-5H3,(H,23,25)/t18-/m1/s1. The van der Waals surface area contributed by atoms with Gasteiger partial charge in [-0.3, -0.25) is 4.79 Å². The molecule has 0 radical (unpaired) electrons. The van der Waals surface area contributed by atoms with Gasteiger partial charge in [-0.25, -0.2) is 0 Å². The lowest BCUT2D eigenvalue weighted by Gasteiger charge is -2.21. The molecular weight excluding hydrogens is 324 g/mol. The summed E-state index contributed by atoms with van der Waals surface area (Å²) in [6.07, 6.45) is -0.536. The molecule has 0 bridgehead atoms. The second kappa shape index (κ2) is 9.27. The summed E-state index contributed by atoms with van der Waals surface area (Å²) in [6, 6.07) is 14.3. The van der Waals surface area contributed by atoms with Gasteiger partial charge in [0.1, 0.15) is 5.75 Å². The van der Waals surface area contributed by atoms with E-state index in [0.29, 0.717) is 6.54 Å². The average Bonchev–Trinajstić information content (AvgIpc) is 2.64. The molecule has 4 heteroatoms. The molecule has 140 valence electrons. The minimum absolute atomic E-state index is 0.113. The third kappa shape index (κ3) is 5.25. The Balaban J connectivity index is 1.89. The second-order valence-electron chi connectivity index (χ2n) is 6.59. The number of benzene rings is 2. The fourth-order valence-electron chi connectivity index (χ4n) is 2.92. The molecule has 1 atom stereocenters. The molecule has 0 fully saturated rings.